The number of halogens is 1. The van der Waals surface area contributed by atoms with Gasteiger partial charge in [0, 0.05) is 6.54 Å². The topological polar surface area (TPSA) is 56.5 Å². The molecule has 2 atom stereocenters. The number of nitriles is 1. The van der Waals surface area contributed by atoms with Crippen LogP contribution >= 0.6 is 0 Å². The summed E-state index contributed by atoms with van der Waals surface area (Å²) in [6.07, 6.45) is 0.0646. The first kappa shape index (κ1) is 13.8. The number of aliphatic hydroxyl groups is 1. The summed E-state index contributed by atoms with van der Waals surface area (Å²) in [7, 11) is 0. The Morgan fingerprint density at radius 3 is 3.11 bits per heavy atom. The molecule has 0 radical (unpaired) electrons. The van der Waals surface area contributed by atoms with E-state index in [1.807, 2.05) is 11.0 Å². The molecular formula is C14H17FN2O2. The highest BCUT2D eigenvalue weighted by Crippen LogP contribution is 2.27. The van der Waals surface area contributed by atoms with Gasteiger partial charge >= 0.3 is 0 Å². The zero-order chi connectivity index (χ0) is 13.8. The maximum atomic E-state index is 13.7. The lowest BCUT2D eigenvalue weighted by Gasteiger charge is -2.38. The molecule has 2 unspecified atom stereocenters. The Morgan fingerprint density at radius 2 is 2.42 bits per heavy atom. The summed E-state index contributed by atoms with van der Waals surface area (Å²) < 4.78 is 19.1. The molecule has 2 rings (SSSR count). The Morgan fingerprint density at radius 1 is 1.63 bits per heavy atom. The molecule has 1 N–H and O–H groups in total. The van der Waals surface area contributed by atoms with Crippen LogP contribution in [0.25, 0.3) is 0 Å². The number of hydrogen-bond acceptors (Lipinski definition) is 4. The molecule has 102 valence electrons. The maximum absolute atomic E-state index is 13.7. The van der Waals surface area contributed by atoms with E-state index in [1.165, 1.54) is 6.07 Å². The molecule has 1 aromatic carbocycles. The second kappa shape index (κ2) is 6.00. The van der Waals surface area contributed by atoms with Crippen LogP contribution in [-0.4, -0.2) is 37.0 Å². The number of aliphatic hydroxyl groups excluding tert-OH is 1. The summed E-state index contributed by atoms with van der Waals surface area (Å²) >= 11 is 0. The third kappa shape index (κ3) is 3.03. The Balaban J connectivity index is 2.32. The SMILES string of the molecule is CC(O)CC1COCCN1c1cccc(F)c1C#N. The van der Waals surface area contributed by atoms with Crippen LogP contribution in [0.2, 0.25) is 0 Å². The van der Waals surface area contributed by atoms with Gasteiger partial charge in [0.2, 0.25) is 0 Å². The Bertz CT molecular complexity index is 485. The van der Waals surface area contributed by atoms with Crippen molar-refractivity contribution in [1.82, 2.24) is 0 Å². The molecular weight excluding hydrogens is 247 g/mol. The smallest absolute Gasteiger partial charge is 0.143 e. The van der Waals surface area contributed by atoms with E-state index in [9.17, 15) is 9.50 Å². The van der Waals surface area contributed by atoms with Gasteiger partial charge in [0.1, 0.15) is 17.4 Å². The fraction of sp³-hybridized carbons (Fsp3) is 0.500. The predicted molar refractivity (Wildman–Crippen MR) is 69.4 cm³/mol. The molecule has 1 heterocycles. The van der Waals surface area contributed by atoms with Crippen LogP contribution in [0, 0.1) is 17.1 Å². The summed E-state index contributed by atoms with van der Waals surface area (Å²) in [5, 5.41) is 18.6. The van der Waals surface area contributed by atoms with Gasteiger partial charge in [-0.15, -0.1) is 0 Å². The largest absolute Gasteiger partial charge is 0.393 e. The van der Waals surface area contributed by atoms with Crippen molar-refractivity contribution in [3.8, 4) is 6.07 Å². The maximum Gasteiger partial charge on any atom is 0.143 e. The van der Waals surface area contributed by atoms with Crippen molar-refractivity contribution in [2.45, 2.75) is 25.5 Å². The molecule has 1 saturated heterocycles. The number of ether oxygens (including phenoxy) is 1. The highest BCUT2D eigenvalue weighted by atomic mass is 19.1. The fourth-order valence-electron chi connectivity index (χ4n) is 2.42. The van der Waals surface area contributed by atoms with Gasteiger partial charge in [0.25, 0.3) is 0 Å². The highest BCUT2D eigenvalue weighted by Gasteiger charge is 2.27. The van der Waals surface area contributed by atoms with E-state index in [4.69, 9.17) is 10.00 Å². The van der Waals surface area contributed by atoms with Gasteiger partial charge in [-0.3, -0.25) is 0 Å². The predicted octanol–water partition coefficient (Wildman–Crippen LogP) is 1.67. The van der Waals surface area contributed by atoms with Crippen molar-refractivity contribution in [2.75, 3.05) is 24.7 Å². The average Bonchev–Trinajstić information content (AvgIpc) is 2.38. The second-order valence-corrected chi connectivity index (χ2v) is 4.75. The molecule has 5 heteroatoms. The normalized spacial score (nSPS) is 20.9. The zero-order valence-electron chi connectivity index (χ0n) is 10.8. The van der Waals surface area contributed by atoms with E-state index in [0.29, 0.717) is 31.9 Å². The van der Waals surface area contributed by atoms with Crippen molar-refractivity contribution in [2.24, 2.45) is 0 Å². The van der Waals surface area contributed by atoms with E-state index in [1.54, 1.807) is 19.1 Å². The van der Waals surface area contributed by atoms with Crippen LogP contribution in [0.15, 0.2) is 18.2 Å². The molecule has 0 bridgehead atoms. The molecule has 0 aliphatic carbocycles. The number of rotatable bonds is 3. The van der Waals surface area contributed by atoms with E-state index in [2.05, 4.69) is 0 Å². The Labute approximate surface area is 112 Å². The third-order valence-electron chi connectivity index (χ3n) is 3.25. The molecule has 0 saturated carbocycles. The fourth-order valence-corrected chi connectivity index (χ4v) is 2.42. The van der Waals surface area contributed by atoms with Gasteiger partial charge in [0.15, 0.2) is 0 Å². The molecule has 1 aromatic rings. The van der Waals surface area contributed by atoms with E-state index in [-0.39, 0.29) is 11.6 Å². The Hall–Kier alpha value is -1.64. The number of nitrogens with zero attached hydrogens (tertiary/aromatic N) is 2. The lowest BCUT2D eigenvalue weighted by Crippen LogP contribution is -2.47. The standard InChI is InChI=1S/C14H17FN2O2/c1-10(18)7-11-9-19-6-5-17(11)14-4-2-3-13(15)12(14)8-16/h2-4,10-11,18H,5-7,9H2,1H3. The first-order valence-electron chi connectivity index (χ1n) is 6.34. The highest BCUT2D eigenvalue weighted by molar-refractivity contribution is 5.60. The zero-order valence-corrected chi connectivity index (χ0v) is 10.8. The Kier molecular flexibility index (Phi) is 4.35. The summed E-state index contributed by atoms with van der Waals surface area (Å²) in [5.74, 6) is -0.512. The third-order valence-corrected chi connectivity index (χ3v) is 3.25. The van der Waals surface area contributed by atoms with Crippen molar-refractivity contribution in [3.63, 3.8) is 0 Å². The molecule has 19 heavy (non-hydrogen) atoms. The van der Waals surface area contributed by atoms with E-state index < -0.39 is 11.9 Å². The quantitative estimate of drug-likeness (QED) is 0.902. The van der Waals surface area contributed by atoms with Crippen LogP contribution in [0.4, 0.5) is 10.1 Å². The van der Waals surface area contributed by atoms with Crippen LogP contribution in [0.3, 0.4) is 0 Å². The van der Waals surface area contributed by atoms with E-state index in [0.717, 1.165) is 0 Å². The van der Waals surface area contributed by atoms with Gasteiger partial charge < -0.3 is 14.7 Å². The van der Waals surface area contributed by atoms with Crippen LogP contribution < -0.4 is 4.90 Å². The molecule has 4 nitrogen and oxygen atoms in total. The van der Waals surface area contributed by atoms with Gasteiger partial charge in [-0.2, -0.15) is 5.26 Å². The molecule has 0 spiro atoms. The summed E-state index contributed by atoms with van der Waals surface area (Å²) in [5.41, 5.74) is 0.636. The average molecular weight is 264 g/mol. The van der Waals surface area contributed by atoms with Crippen LogP contribution in [0.1, 0.15) is 18.9 Å². The molecule has 1 fully saturated rings. The van der Waals surface area contributed by atoms with Gasteiger partial charge in [-0.1, -0.05) is 6.07 Å². The van der Waals surface area contributed by atoms with E-state index >= 15 is 0 Å². The van der Waals surface area contributed by atoms with Crippen LogP contribution in [-0.2, 0) is 4.74 Å². The van der Waals surface area contributed by atoms with Crippen molar-refractivity contribution < 1.29 is 14.2 Å². The number of hydrogen-bond donors (Lipinski definition) is 1. The van der Waals surface area contributed by atoms with Crippen molar-refractivity contribution in [1.29, 1.82) is 5.26 Å². The van der Waals surface area contributed by atoms with Gasteiger partial charge in [-0.25, -0.2) is 4.39 Å². The van der Waals surface area contributed by atoms with Crippen LogP contribution in [0.5, 0.6) is 0 Å². The number of anilines is 1. The molecule has 0 aromatic heterocycles. The summed E-state index contributed by atoms with van der Waals surface area (Å²) in [4.78, 5) is 1.96. The minimum absolute atomic E-state index is 0.0392. The minimum atomic E-state index is -0.512. The monoisotopic (exact) mass is 264 g/mol. The lowest BCUT2D eigenvalue weighted by atomic mass is 10.0. The van der Waals surface area contributed by atoms with Crippen molar-refractivity contribution in [3.05, 3.63) is 29.6 Å². The second-order valence-electron chi connectivity index (χ2n) is 4.75. The first-order valence-corrected chi connectivity index (χ1v) is 6.34. The first-order chi connectivity index (χ1) is 9.13. The van der Waals surface area contributed by atoms with Gasteiger partial charge in [-0.05, 0) is 25.5 Å². The molecule has 1 aliphatic heterocycles. The minimum Gasteiger partial charge on any atom is -0.393 e. The summed E-state index contributed by atoms with van der Waals surface area (Å²) in [6.45, 7) is 3.32. The molecule has 0 amide bonds. The number of benzene rings is 1. The summed E-state index contributed by atoms with van der Waals surface area (Å²) in [6, 6.07) is 6.50. The molecule has 1 aliphatic rings. The number of morpholine rings is 1. The van der Waals surface area contributed by atoms with Gasteiger partial charge in [0.05, 0.1) is 31.0 Å². The van der Waals surface area contributed by atoms with Crippen molar-refractivity contribution >= 4 is 5.69 Å². The lowest BCUT2D eigenvalue weighted by molar-refractivity contribution is 0.0721.